The number of halogens is 1. The molecule has 100 valence electrons. The van der Waals surface area contributed by atoms with Crippen molar-refractivity contribution in [2.75, 3.05) is 0 Å². The van der Waals surface area contributed by atoms with Gasteiger partial charge in [-0.25, -0.2) is 13.1 Å². The summed E-state index contributed by atoms with van der Waals surface area (Å²) >= 11 is 5.93. The van der Waals surface area contributed by atoms with Crippen LogP contribution >= 0.6 is 11.6 Å². The Balaban J connectivity index is 1.78. The van der Waals surface area contributed by atoms with Gasteiger partial charge in [0.2, 0.25) is 10.0 Å². The van der Waals surface area contributed by atoms with Crippen LogP contribution in [0.4, 0.5) is 0 Å². The van der Waals surface area contributed by atoms with Crippen molar-refractivity contribution in [2.24, 2.45) is 0 Å². The fraction of sp³-hybridized carbons (Fsp3) is 0.250. The van der Waals surface area contributed by atoms with E-state index in [4.69, 9.17) is 11.6 Å². The molecule has 19 heavy (non-hydrogen) atoms. The Bertz CT molecular complexity index is 698. The Hall–Kier alpha value is -1.37. The molecule has 1 aromatic heterocycles. The molecule has 0 saturated carbocycles. The summed E-state index contributed by atoms with van der Waals surface area (Å²) in [6.45, 7) is 0. The molecule has 1 unspecified atom stereocenters. The van der Waals surface area contributed by atoms with Gasteiger partial charge in [0.05, 0.1) is 6.20 Å². The molecule has 0 bridgehead atoms. The van der Waals surface area contributed by atoms with Crippen LogP contribution in [0.15, 0.2) is 35.5 Å². The minimum Gasteiger partial charge on any atom is -0.284 e. The van der Waals surface area contributed by atoms with Crippen LogP contribution in [0.25, 0.3) is 0 Å². The maximum atomic E-state index is 12.1. The normalized spacial score (nSPS) is 18.5. The number of aromatic amines is 1. The lowest BCUT2D eigenvalue weighted by Crippen LogP contribution is -2.35. The SMILES string of the molecule is O=S(=O)(NC1Cc2ccc(Cl)cc2C1)c1cn[nH]c1. The van der Waals surface area contributed by atoms with Crippen LogP contribution in [0.3, 0.4) is 0 Å². The first-order valence-corrected chi connectivity index (χ1v) is 7.69. The molecule has 2 aromatic rings. The molecule has 0 amide bonds. The molecule has 0 radical (unpaired) electrons. The number of benzene rings is 1. The maximum absolute atomic E-state index is 12.1. The van der Waals surface area contributed by atoms with Crippen molar-refractivity contribution in [1.82, 2.24) is 14.9 Å². The summed E-state index contributed by atoms with van der Waals surface area (Å²) in [6, 6.07) is 5.54. The molecule has 1 aromatic carbocycles. The number of H-pyrrole nitrogens is 1. The van der Waals surface area contributed by atoms with Gasteiger partial charge in [-0.3, -0.25) is 5.10 Å². The molecule has 2 N–H and O–H groups in total. The zero-order chi connectivity index (χ0) is 13.5. The Morgan fingerprint density at radius 3 is 2.84 bits per heavy atom. The van der Waals surface area contributed by atoms with E-state index >= 15 is 0 Å². The van der Waals surface area contributed by atoms with Crippen LogP contribution in [0.1, 0.15) is 11.1 Å². The van der Waals surface area contributed by atoms with E-state index in [1.165, 1.54) is 12.4 Å². The highest BCUT2D eigenvalue weighted by atomic mass is 35.5. The molecule has 5 nitrogen and oxygen atoms in total. The molecule has 0 spiro atoms. The first-order valence-electron chi connectivity index (χ1n) is 5.83. The minimum atomic E-state index is -3.50. The van der Waals surface area contributed by atoms with Gasteiger partial charge in [0.15, 0.2) is 0 Å². The van der Waals surface area contributed by atoms with Gasteiger partial charge in [0.1, 0.15) is 4.90 Å². The van der Waals surface area contributed by atoms with Crippen LogP contribution in [0.5, 0.6) is 0 Å². The van der Waals surface area contributed by atoms with Gasteiger partial charge in [-0.2, -0.15) is 5.10 Å². The van der Waals surface area contributed by atoms with E-state index in [-0.39, 0.29) is 10.9 Å². The van der Waals surface area contributed by atoms with Gasteiger partial charge >= 0.3 is 0 Å². The molecule has 7 heteroatoms. The monoisotopic (exact) mass is 297 g/mol. The van der Waals surface area contributed by atoms with E-state index in [1.807, 2.05) is 18.2 Å². The van der Waals surface area contributed by atoms with Crippen molar-refractivity contribution in [3.8, 4) is 0 Å². The van der Waals surface area contributed by atoms with Crippen molar-refractivity contribution < 1.29 is 8.42 Å². The zero-order valence-corrected chi connectivity index (χ0v) is 11.5. The average Bonchev–Trinajstić information content (AvgIpc) is 2.95. The van der Waals surface area contributed by atoms with Gasteiger partial charge in [-0.15, -0.1) is 0 Å². The zero-order valence-electron chi connectivity index (χ0n) is 9.93. The third-order valence-electron chi connectivity index (χ3n) is 3.21. The van der Waals surface area contributed by atoms with Gasteiger partial charge in [-0.05, 0) is 36.1 Å². The Labute approximate surface area is 116 Å². The van der Waals surface area contributed by atoms with Crippen LogP contribution in [0.2, 0.25) is 5.02 Å². The highest BCUT2D eigenvalue weighted by molar-refractivity contribution is 7.89. The number of hydrogen-bond donors (Lipinski definition) is 2. The smallest absolute Gasteiger partial charge is 0.243 e. The third kappa shape index (κ3) is 2.51. The van der Waals surface area contributed by atoms with Crippen LogP contribution < -0.4 is 4.72 Å². The van der Waals surface area contributed by atoms with Crippen LogP contribution in [-0.4, -0.2) is 24.7 Å². The molecule has 1 aliphatic rings. The highest BCUT2D eigenvalue weighted by Crippen LogP contribution is 2.26. The summed E-state index contributed by atoms with van der Waals surface area (Å²) in [7, 11) is -3.50. The van der Waals surface area contributed by atoms with Gasteiger partial charge in [0, 0.05) is 17.3 Å². The summed E-state index contributed by atoms with van der Waals surface area (Å²) in [6.07, 6.45) is 4.00. The fourth-order valence-corrected chi connectivity index (χ4v) is 3.68. The molecule has 3 rings (SSSR count). The van der Waals surface area contributed by atoms with E-state index in [2.05, 4.69) is 14.9 Å². The molecule has 0 saturated heterocycles. The van der Waals surface area contributed by atoms with Crippen molar-refractivity contribution in [2.45, 2.75) is 23.8 Å². The van der Waals surface area contributed by atoms with Gasteiger partial charge in [-0.1, -0.05) is 17.7 Å². The standard InChI is InChI=1S/C12H12ClN3O2S/c13-10-2-1-8-4-11(5-9(8)3-10)16-19(17,18)12-6-14-15-7-12/h1-3,6-7,11,16H,4-5H2,(H,14,15). The number of fused-ring (bicyclic) bond motifs is 1. The summed E-state index contributed by atoms with van der Waals surface area (Å²) in [5.41, 5.74) is 2.25. The number of nitrogens with zero attached hydrogens (tertiary/aromatic N) is 1. The lowest BCUT2D eigenvalue weighted by Gasteiger charge is -2.10. The van der Waals surface area contributed by atoms with E-state index in [9.17, 15) is 8.42 Å². The lowest BCUT2D eigenvalue weighted by molar-refractivity contribution is 0.555. The average molecular weight is 298 g/mol. The number of sulfonamides is 1. The van der Waals surface area contributed by atoms with E-state index in [0.717, 1.165) is 11.1 Å². The number of hydrogen-bond acceptors (Lipinski definition) is 3. The molecule has 0 aliphatic heterocycles. The summed E-state index contributed by atoms with van der Waals surface area (Å²) in [4.78, 5) is 0.154. The molecule has 0 fully saturated rings. The Morgan fingerprint density at radius 2 is 2.11 bits per heavy atom. The second-order valence-electron chi connectivity index (χ2n) is 4.57. The van der Waals surface area contributed by atoms with Crippen molar-refractivity contribution in [1.29, 1.82) is 0 Å². The second kappa shape index (κ2) is 4.63. The summed E-state index contributed by atoms with van der Waals surface area (Å²) in [5.74, 6) is 0. The Morgan fingerprint density at radius 1 is 1.32 bits per heavy atom. The van der Waals surface area contributed by atoms with Gasteiger partial charge in [0.25, 0.3) is 0 Å². The van der Waals surface area contributed by atoms with Gasteiger partial charge < -0.3 is 0 Å². The second-order valence-corrected chi connectivity index (χ2v) is 6.72. The van der Waals surface area contributed by atoms with Crippen molar-refractivity contribution in [3.05, 3.63) is 46.7 Å². The molecular formula is C12H12ClN3O2S. The first kappa shape index (κ1) is 12.7. The van der Waals surface area contributed by atoms with E-state index in [1.54, 1.807) is 0 Å². The third-order valence-corrected chi connectivity index (χ3v) is 4.93. The molecule has 1 aliphatic carbocycles. The molecular weight excluding hydrogens is 286 g/mol. The predicted octanol–water partition coefficient (Wildman–Crippen LogP) is 1.51. The summed E-state index contributed by atoms with van der Waals surface area (Å²) in [5, 5.41) is 6.83. The summed E-state index contributed by atoms with van der Waals surface area (Å²) < 4.78 is 26.8. The molecule has 1 atom stereocenters. The van der Waals surface area contributed by atoms with Crippen molar-refractivity contribution in [3.63, 3.8) is 0 Å². The number of nitrogens with one attached hydrogen (secondary N) is 2. The Kier molecular flexibility index (Phi) is 3.08. The number of aromatic nitrogens is 2. The predicted molar refractivity (Wildman–Crippen MR) is 71.6 cm³/mol. The minimum absolute atomic E-state index is 0.131. The first-order chi connectivity index (χ1) is 9.04. The fourth-order valence-electron chi connectivity index (χ4n) is 2.34. The largest absolute Gasteiger partial charge is 0.284 e. The molecule has 1 heterocycles. The lowest BCUT2D eigenvalue weighted by atomic mass is 10.1. The van der Waals surface area contributed by atoms with E-state index in [0.29, 0.717) is 17.9 Å². The van der Waals surface area contributed by atoms with Crippen molar-refractivity contribution >= 4 is 21.6 Å². The topological polar surface area (TPSA) is 74.8 Å². The quantitative estimate of drug-likeness (QED) is 0.902. The van der Waals surface area contributed by atoms with Crippen LogP contribution in [0, 0.1) is 0 Å². The van der Waals surface area contributed by atoms with E-state index < -0.39 is 10.0 Å². The van der Waals surface area contributed by atoms with Crippen LogP contribution in [-0.2, 0) is 22.9 Å². The maximum Gasteiger partial charge on any atom is 0.243 e. The number of rotatable bonds is 3. The highest BCUT2D eigenvalue weighted by Gasteiger charge is 2.27.